The van der Waals surface area contributed by atoms with E-state index in [4.69, 9.17) is 23.2 Å². The molecule has 0 saturated carbocycles. The lowest BCUT2D eigenvalue weighted by Gasteiger charge is -2.11. The van der Waals surface area contributed by atoms with Gasteiger partial charge < -0.3 is 5.32 Å². The van der Waals surface area contributed by atoms with Crippen LogP contribution < -0.4 is 5.32 Å². The maximum Gasteiger partial charge on any atom is 0.147 e. The zero-order chi connectivity index (χ0) is 10.0. The van der Waals surface area contributed by atoms with E-state index < -0.39 is 5.82 Å². The Bertz CT molecular complexity index is 326. The van der Waals surface area contributed by atoms with Gasteiger partial charge in [-0.3, -0.25) is 0 Å². The summed E-state index contributed by atoms with van der Waals surface area (Å²) in [6.07, 6.45) is 0.558. The minimum atomic E-state index is -0.391. The Balaban J connectivity index is 3.41. The fourth-order valence-corrected chi connectivity index (χ4v) is 1.84. The van der Waals surface area contributed by atoms with Gasteiger partial charge in [0, 0.05) is 12.6 Å². The van der Waals surface area contributed by atoms with E-state index in [1.807, 2.05) is 6.92 Å². The van der Waals surface area contributed by atoms with Crippen molar-refractivity contribution in [3.63, 3.8) is 0 Å². The van der Waals surface area contributed by atoms with Crippen molar-refractivity contribution in [3.8, 4) is 0 Å². The van der Waals surface area contributed by atoms with Crippen LogP contribution in [0.1, 0.15) is 12.5 Å². The molecule has 1 N–H and O–H groups in total. The number of benzene rings is 1. The maximum absolute atomic E-state index is 13.4. The average Bonchev–Trinajstić information content (AvgIpc) is 2.10. The van der Waals surface area contributed by atoms with Crippen LogP contribution >= 0.6 is 23.2 Å². The molecule has 1 aromatic rings. The van der Waals surface area contributed by atoms with Gasteiger partial charge in [0.1, 0.15) is 5.82 Å². The van der Waals surface area contributed by atoms with Crippen LogP contribution in [0.25, 0.3) is 0 Å². The third-order valence-corrected chi connectivity index (χ3v) is 2.45. The molecule has 0 aliphatic carbocycles. The van der Waals surface area contributed by atoms with Gasteiger partial charge in [-0.2, -0.15) is 0 Å². The number of hydrogen-bond donors (Lipinski definition) is 1. The fraction of sp³-hybridized carbons (Fsp3) is 0.333. The number of hydrogen-bond acceptors (Lipinski definition) is 1. The van der Waals surface area contributed by atoms with E-state index in [9.17, 15) is 4.39 Å². The molecule has 0 saturated heterocycles. The summed E-state index contributed by atoms with van der Waals surface area (Å²) in [6.45, 7) is 1.85. The van der Waals surface area contributed by atoms with Crippen LogP contribution in [-0.2, 0) is 6.42 Å². The Morgan fingerprint density at radius 1 is 1.38 bits per heavy atom. The molecule has 0 amide bonds. The van der Waals surface area contributed by atoms with E-state index in [1.165, 1.54) is 6.07 Å². The van der Waals surface area contributed by atoms with Gasteiger partial charge >= 0.3 is 0 Å². The summed E-state index contributed by atoms with van der Waals surface area (Å²) >= 11 is 11.5. The van der Waals surface area contributed by atoms with Crippen LogP contribution in [0.5, 0.6) is 0 Å². The highest BCUT2D eigenvalue weighted by molar-refractivity contribution is 6.36. The molecule has 72 valence electrons. The molecule has 0 aliphatic rings. The van der Waals surface area contributed by atoms with Gasteiger partial charge in [-0.1, -0.05) is 30.1 Å². The first-order valence-corrected chi connectivity index (χ1v) is 4.71. The molecule has 0 bridgehead atoms. The summed E-state index contributed by atoms with van der Waals surface area (Å²) in [6, 6.07) is 1.41. The fourth-order valence-electron chi connectivity index (χ4n) is 1.25. The molecular formula is C9H10Cl2FN. The van der Waals surface area contributed by atoms with Crippen molar-refractivity contribution in [2.75, 3.05) is 12.4 Å². The van der Waals surface area contributed by atoms with Gasteiger partial charge in [-0.25, -0.2) is 4.39 Å². The molecule has 0 fully saturated rings. The first-order chi connectivity index (χ1) is 6.11. The zero-order valence-electron chi connectivity index (χ0n) is 7.42. The molecule has 0 aromatic heterocycles. The van der Waals surface area contributed by atoms with Gasteiger partial charge in [0.25, 0.3) is 0 Å². The monoisotopic (exact) mass is 221 g/mol. The van der Waals surface area contributed by atoms with Crippen LogP contribution in [0.15, 0.2) is 6.07 Å². The summed E-state index contributed by atoms with van der Waals surface area (Å²) in [4.78, 5) is 0. The van der Waals surface area contributed by atoms with Gasteiger partial charge in [0.05, 0.1) is 15.7 Å². The van der Waals surface area contributed by atoms with Crippen LogP contribution in [0, 0.1) is 5.82 Å². The van der Waals surface area contributed by atoms with Crippen molar-refractivity contribution in [3.05, 3.63) is 27.5 Å². The standard InChI is InChI=1S/C9H10Cl2FN/c1-3-5-8(12)6(10)4-7(11)9(5)13-2/h4,13H,3H2,1-2H3. The highest BCUT2D eigenvalue weighted by Crippen LogP contribution is 2.33. The lowest BCUT2D eigenvalue weighted by atomic mass is 10.1. The van der Waals surface area contributed by atoms with Crippen LogP contribution in [0.3, 0.4) is 0 Å². The Hall–Kier alpha value is -0.470. The Morgan fingerprint density at radius 2 is 2.00 bits per heavy atom. The number of anilines is 1. The number of rotatable bonds is 2. The van der Waals surface area contributed by atoms with Crippen LogP contribution in [0.2, 0.25) is 10.0 Å². The van der Waals surface area contributed by atoms with Crippen molar-refractivity contribution in [2.24, 2.45) is 0 Å². The smallest absolute Gasteiger partial charge is 0.147 e. The summed E-state index contributed by atoms with van der Waals surface area (Å²) in [5.41, 5.74) is 1.14. The predicted molar refractivity (Wildman–Crippen MR) is 55.3 cm³/mol. The first kappa shape index (κ1) is 10.6. The molecule has 1 nitrogen and oxygen atoms in total. The second-order valence-corrected chi connectivity index (χ2v) is 3.43. The third kappa shape index (κ3) is 1.89. The molecule has 0 spiro atoms. The van der Waals surface area contributed by atoms with Gasteiger partial charge in [0.2, 0.25) is 0 Å². The lowest BCUT2D eigenvalue weighted by Crippen LogP contribution is -1.99. The van der Waals surface area contributed by atoms with E-state index in [2.05, 4.69) is 5.32 Å². The van der Waals surface area contributed by atoms with Gasteiger partial charge in [-0.15, -0.1) is 0 Å². The number of nitrogens with one attached hydrogen (secondary N) is 1. The van der Waals surface area contributed by atoms with E-state index in [0.717, 1.165) is 0 Å². The predicted octanol–water partition coefficient (Wildman–Crippen LogP) is 3.74. The summed E-state index contributed by atoms with van der Waals surface area (Å²) in [5, 5.41) is 3.37. The summed E-state index contributed by atoms with van der Waals surface area (Å²) < 4.78 is 13.4. The zero-order valence-corrected chi connectivity index (χ0v) is 8.93. The van der Waals surface area contributed by atoms with E-state index in [-0.39, 0.29) is 5.02 Å². The molecule has 1 rings (SSSR count). The van der Waals surface area contributed by atoms with Crippen molar-refractivity contribution in [1.29, 1.82) is 0 Å². The van der Waals surface area contributed by atoms with E-state index in [1.54, 1.807) is 7.05 Å². The van der Waals surface area contributed by atoms with Crippen molar-refractivity contribution in [1.82, 2.24) is 0 Å². The molecule has 0 aliphatic heterocycles. The van der Waals surface area contributed by atoms with Crippen LogP contribution in [-0.4, -0.2) is 7.05 Å². The Kier molecular flexibility index (Phi) is 3.40. The first-order valence-electron chi connectivity index (χ1n) is 3.95. The molecule has 0 radical (unpaired) electrons. The molecule has 0 unspecified atom stereocenters. The second-order valence-electron chi connectivity index (χ2n) is 2.61. The van der Waals surface area contributed by atoms with Crippen LogP contribution in [0.4, 0.5) is 10.1 Å². The highest BCUT2D eigenvalue weighted by atomic mass is 35.5. The number of halogens is 3. The largest absolute Gasteiger partial charge is 0.387 e. The minimum Gasteiger partial charge on any atom is -0.387 e. The minimum absolute atomic E-state index is 0.0702. The quantitative estimate of drug-likeness (QED) is 0.751. The lowest BCUT2D eigenvalue weighted by molar-refractivity contribution is 0.613. The molecular weight excluding hydrogens is 212 g/mol. The van der Waals surface area contributed by atoms with E-state index in [0.29, 0.717) is 22.7 Å². The molecule has 0 atom stereocenters. The normalized spacial score (nSPS) is 10.2. The van der Waals surface area contributed by atoms with Gasteiger partial charge in [0.15, 0.2) is 0 Å². The molecule has 4 heteroatoms. The summed E-state index contributed by atoms with van der Waals surface area (Å²) in [7, 11) is 1.70. The maximum atomic E-state index is 13.4. The van der Waals surface area contributed by atoms with Crippen molar-refractivity contribution >= 4 is 28.9 Å². The summed E-state index contributed by atoms with van der Waals surface area (Å²) in [5.74, 6) is -0.391. The third-order valence-electron chi connectivity index (χ3n) is 1.87. The second kappa shape index (κ2) is 4.16. The van der Waals surface area contributed by atoms with Gasteiger partial charge in [-0.05, 0) is 12.5 Å². The van der Waals surface area contributed by atoms with Crippen molar-refractivity contribution in [2.45, 2.75) is 13.3 Å². The Labute approximate surface area is 86.8 Å². The Morgan fingerprint density at radius 3 is 2.46 bits per heavy atom. The van der Waals surface area contributed by atoms with E-state index >= 15 is 0 Å². The average molecular weight is 222 g/mol. The molecule has 13 heavy (non-hydrogen) atoms. The molecule has 0 heterocycles. The SMILES string of the molecule is CCc1c(F)c(Cl)cc(Cl)c1NC. The van der Waals surface area contributed by atoms with Crippen molar-refractivity contribution < 1.29 is 4.39 Å². The molecule has 1 aromatic carbocycles. The topological polar surface area (TPSA) is 12.0 Å². The highest BCUT2D eigenvalue weighted by Gasteiger charge is 2.13.